The number of hydrogen-bond donors (Lipinski definition) is 0. The molecule has 1 aromatic heterocycles. The van der Waals surface area contributed by atoms with Crippen molar-refractivity contribution < 1.29 is 23.6 Å². The van der Waals surface area contributed by atoms with E-state index >= 15 is 0 Å². The molecule has 36 heavy (non-hydrogen) atoms. The highest BCUT2D eigenvalue weighted by Crippen LogP contribution is 2.25. The molecule has 2 aromatic rings. The Hall–Kier alpha value is -2.91. The van der Waals surface area contributed by atoms with Gasteiger partial charge in [-0.1, -0.05) is 18.2 Å². The van der Waals surface area contributed by atoms with Gasteiger partial charge in [-0.15, -0.1) is 0 Å². The highest BCUT2D eigenvalue weighted by atomic mass is 16.5. The molecule has 0 atom stereocenters. The van der Waals surface area contributed by atoms with Crippen LogP contribution in [0.4, 0.5) is 5.69 Å². The van der Waals surface area contributed by atoms with Crippen LogP contribution >= 0.6 is 0 Å². The minimum absolute atomic E-state index is 0.0225. The van der Waals surface area contributed by atoms with Gasteiger partial charge in [-0.3, -0.25) is 9.59 Å². The summed E-state index contributed by atoms with van der Waals surface area (Å²) >= 11 is 0. The number of amides is 2. The first-order valence-corrected chi connectivity index (χ1v) is 13.0. The predicted molar refractivity (Wildman–Crippen MR) is 136 cm³/mol. The van der Waals surface area contributed by atoms with Crippen LogP contribution in [0.3, 0.4) is 0 Å². The Bertz CT molecular complexity index is 1000. The van der Waals surface area contributed by atoms with Crippen molar-refractivity contribution in [3.8, 4) is 5.88 Å². The Morgan fingerprint density at radius 1 is 1.08 bits per heavy atom. The van der Waals surface area contributed by atoms with E-state index in [1.54, 1.807) is 13.0 Å². The predicted octanol–water partition coefficient (Wildman–Crippen LogP) is 3.27. The summed E-state index contributed by atoms with van der Waals surface area (Å²) in [5.74, 6) is 1.12. The zero-order chi connectivity index (χ0) is 25.3. The van der Waals surface area contributed by atoms with Gasteiger partial charge in [0.05, 0.1) is 7.11 Å². The first-order chi connectivity index (χ1) is 17.5. The van der Waals surface area contributed by atoms with Crippen molar-refractivity contribution in [1.29, 1.82) is 0 Å². The van der Waals surface area contributed by atoms with Gasteiger partial charge in [-0.2, -0.15) is 0 Å². The van der Waals surface area contributed by atoms with E-state index in [1.165, 1.54) is 7.11 Å². The van der Waals surface area contributed by atoms with Gasteiger partial charge in [0.15, 0.2) is 0 Å². The van der Waals surface area contributed by atoms with Crippen LogP contribution in [0.5, 0.6) is 5.88 Å². The highest BCUT2D eigenvalue weighted by molar-refractivity contribution is 5.92. The molecular weight excluding hydrogens is 460 g/mol. The Morgan fingerprint density at radius 3 is 2.56 bits per heavy atom. The number of methoxy groups -OCH3 is 1. The van der Waals surface area contributed by atoms with Crippen LogP contribution in [-0.2, 0) is 27.3 Å². The molecule has 0 spiro atoms. The number of benzene rings is 1. The number of ether oxygens (including phenoxy) is 2. The number of rotatable bonds is 5. The molecule has 0 unspecified atom stereocenters. The Balaban J connectivity index is 1.53. The summed E-state index contributed by atoms with van der Waals surface area (Å²) in [6.07, 6.45) is 4.65. The quantitative estimate of drug-likeness (QED) is 0.625. The van der Waals surface area contributed by atoms with Gasteiger partial charge in [0.1, 0.15) is 5.76 Å². The molecule has 4 rings (SSSR count). The summed E-state index contributed by atoms with van der Waals surface area (Å²) in [4.78, 5) is 32.4. The standard InChI is InChI=1S/C27H38N4O5/c1-21(32)31-16-6-14-29(23-11-17-35-18-12-23)13-5-15-30(20-22-7-3-4-8-25(22)31)27(33)10-9-24-19-26(34-2)28-36-24/h3-4,7-8,19,23H,5-6,9-18,20H2,1-2H3. The van der Waals surface area contributed by atoms with E-state index in [2.05, 4.69) is 10.1 Å². The average molecular weight is 499 g/mol. The van der Waals surface area contributed by atoms with E-state index in [-0.39, 0.29) is 11.8 Å². The fraction of sp³-hybridized carbons (Fsp3) is 0.593. The molecule has 2 amide bonds. The van der Waals surface area contributed by atoms with Gasteiger partial charge >= 0.3 is 0 Å². The van der Waals surface area contributed by atoms with Gasteiger partial charge < -0.3 is 28.7 Å². The van der Waals surface area contributed by atoms with E-state index in [0.717, 1.165) is 63.2 Å². The van der Waals surface area contributed by atoms with Crippen molar-refractivity contribution in [2.75, 3.05) is 51.4 Å². The fourth-order valence-electron chi connectivity index (χ4n) is 5.17. The molecular formula is C27H38N4O5. The molecule has 0 bridgehead atoms. The lowest BCUT2D eigenvalue weighted by Gasteiger charge is -2.36. The molecule has 2 aliphatic rings. The number of aromatic nitrogens is 1. The highest BCUT2D eigenvalue weighted by Gasteiger charge is 2.25. The molecule has 196 valence electrons. The van der Waals surface area contributed by atoms with Crippen LogP contribution in [0.1, 0.15) is 50.4 Å². The maximum absolute atomic E-state index is 13.4. The number of carbonyl (C=O) groups excluding carboxylic acids is 2. The smallest absolute Gasteiger partial charge is 0.254 e. The third kappa shape index (κ3) is 6.85. The van der Waals surface area contributed by atoms with Crippen molar-refractivity contribution in [2.24, 2.45) is 0 Å². The Morgan fingerprint density at radius 2 is 1.83 bits per heavy atom. The van der Waals surface area contributed by atoms with Crippen LogP contribution in [0.15, 0.2) is 34.9 Å². The van der Waals surface area contributed by atoms with Crippen molar-refractivity contribution in [1.82, 2.24) is 15.0 Å². The Kier molecular flexibility index (Phi) is 9.35. The lowest BCUT2D eigenvalue weighted by Crippen LogP contribution is -2.43. The normalized spacial score (nSPS) is 18.7. The summed E-state index contributed by atoms with van der Waals surface area (Å²) in [6.45, 7) is 6.85. The maximum atomic E-state index is 13.4. The van der Waals surface area contributed by atoms with Gasteiger partial charge in [-0.25, -0.2) is 0 Å². The van der Waals surface area contributed by atoms with Crippen LogP contribution in [0, 0.1) is 0 Å². The molecule has 9 nitrogen and oxygen atoms in total. The van der Waals surface area contributed by atoms with Gasteiger partial charge in [0, 0.05) is 83.5 Å². The summed E-state index contributed by atoms with van der Waals surface area (Å²) in [5.41, 5.74) is 1.88. The maximum Gasteiger partial charge on any atom is 0.254 e. The van der Waals surface area contributed by atoms with Crippen molar-refractivity contribution >= 4 is 17.5 Å². The number of para-hydroxylation sites is 1. The minimum Gasteiger partial charge on any atom is -0.479 e. The first kappa shape index (κ1) is 26.2. The van der Waals surface area contributed by atoms with Gasteiger partial charge in [-0.05, 0) is 42.5 Å². The zero-order valence-corrected chi connectivity index (χ0v) is 21.5. The van der Waals surface area contributed by atoms with Crippen molar-refractivity contribution in [3.63, 3.8) is 0 Å². The van der Waals surface area contributed by atoms with Crippen LogP contribution in [0.2, 0.25) is 0 Å². The Labute approximate surface area is 213 Å². The van der Waals surface area contributed by atoms with Gasteiger partial charge in [0.25, 0.3) is 5.88 Å². The molecule has 0 aliphatic carbocycles. The largest absolute Gasteiger partial charge is 0.479 e. The van der Waals surface area contributed by atoms with E-state index in [4.69, 9.17) is 14.0 Å². The van der Waals surface area contributed by atoms with E-state index in [0.29, 0.717) is 50.2 Å². The molecule has 1 fully saturated rings. The fourth-order valence-corrected chi connectivity index (χ4v) is 5.17. The molecule has 2 aliphatic heterocycles. The van der Waals surface area contributed by atoms with Crippen molar-refractivity contribution in [3.05, 3.63) is 41.7 Å². The second kappa shape index (κ2) is 12.9. The summed E-state index contributed by atoms with van der Waals surface area (Å²) in [5, 5.41) is 3.83. The third-order valence-corrected chi connectivity index (χ3v) is 7.12. The number of fused-ring (bicyclic) bond motifs is 1. The lowest BCUT2D eigenvalue weighted by atomic mass is 10.1. The number of carbonyl (C=O) groups is 2. The summed E-state index contributed by atoms with van der Waals surface area (Å²) < 4.78 is 15.9. The number of aryl methyl sites for hydroxylation is 1. The second-order valence-electron chi connectivity index (χ2n) is 9.54. The van der Waals surface area contributed by atoms with Crippen LogP contribution in [-0.4, -0.2) is 79.3 Å². The minimum atomic E-state index is 0.0225. The monoisotopic (exact) mass is 498 g/mol. The number of anilines is 1. The summed E-state index contributed by atoms with van der Waals surface area (Å²) in [6, 6.07) is 10.1. The summed E-state index contributed by atoms with van der Waals surface area (Å²) in [7, 11) is 1.54. The topological polar surface area (TPSA) is 88.4 Å². The van der Waals surface area contributed by atoms with Crippen LogP contribution in [0.25, 0.3) is 0 Å². The van der Waals surface area contributed by atoms with Crippen LogP contribution < -0.4 is 9.64 Å². The molecule has 0 saturated carbocycles. The molecule has 3 heterocycles. The number of nitrogens with zero attached hydrogens (tertiary/aromatic N) is 4. The molecule has 1 aromatic carbocycles. The number of hydrogen-bond acceptors (Lipinski definition) is 7. The van der Waals surface area contributed by atoms with Crippen molar-refractivity contribution in [2.45, 2.75) is 58.0 Å². The van der Waals surface area contributed by atoms with E-state index in [1.807, 2.05) is 34.1 Å². The molecule has 0 N–H and O–H groups in total. The molecule has 0 radical (unpaired) electrons. The first-order valence-electron chi connectivity index (χ1n) is 13.0. The SMILES string of the molecule is COc1cc(CCC(=O)N2CCCN(C3CCOCC3)CCCN(C(C)=O)c3ccccc3C2)on1. The zero-order valence-electron chi connectivity index (χ0n) is 21.5. The lowest BCUT2D eigenvalue weighted by molar-refractivity contribution is -0.132. The molecule has 9 heteroatoms. The van der Waals surface area contributed by atoms with Gasteiger partial charge in [0.2, 0.25) is 11.8 Å². The van der Waals surface area contributed by atoms with E-state index in [9.17, 15) is 9.59 Å². The average Bonchev–Trinajstić information content (AvgIpc) is 3.36. The molecule has 1 saturated heterocycles. The third-order valence-electron chi connectivity index (χ3n) is 7.12. The van der Waals surface area contributed by atoms with E-state index < -0.39 is 0 Å². The second-order valence-corrected chi connectivity index (χ2v) is 9.54.